The molecule has 0 spiro atoms. The van der Waals surface area contributed by atoms with Crippen molar-refractivity contribution in [2.24, 2.45) is 0 Å². The second-order valence-corrected chi connectivity index (χ2v) is 32.0. The molecule has 12 N–H and O–H groups in total. The first kappa shape index (κ1) is 95.5. The highest BCUT2D eigenvalue weighted by Gasteiger charge is 2.45. The molecule has 1 aliphatic heterocycles. The molecule has 5 aromatic rings. The lowest BCUT2D eigenvalue weighted by Gasteiger charge is -2.32. The molecule has 0 bridgehead atoms. The molecule has 2 heterocycles. The highest BCUT2D eigenvalue weighted by Crippen LogP contribution is 2.58. The molecule has 4 aromatic carbocycles. The summed E-state index contributed by atoms with van der Waals surface area (Å²) in [4.78, 5) is 127. The van der Waals surface area contributed by atoms with Gasteiger partial charge in [-0.05, 0) is 123 Å². The number of ether oxygens (including phenoxy) is 2. The van der Waals surface area contributed by atoms with Gasteiger partial charge in [-0.25, -0.2) is 4.79 Å². The highest BCUT2D eigenvalue weighted by atomic mass is 31.3. The van der Waals surface area contributed by atoms with E-state index in [0.29, 0.717) is 44.9 Å². The van der Waals surface area contributed by atoms with Crippen LogP contribution in [0.4, 0.5) is 22.7 Å². The number of benzene rings is 4. The summed E-state index contributed by atoms with van der Waals surface area (Å²) in [5.41, 5.74) is 3.27. The topological polar surface area (TPSA) is 543 Å². The van der Waals surface area contributed by atoms with Gasteiger partial charge in [0.25, 0.3) is 13.4 Å². The molecule has 1 saturated heterocycles. The van der Waals surface area contributed by atoms with E-state index in [0.717, 1.165) is 16.8 Å². The molecule has 1 aliphatic rings. The van der Waals surface area contributed by atoms with Crippen LogP contribution in [0.3, 0.4) is 0 Å². The van der Waals surface area contributed by atoms with Crippen LogP contribution in [0.15, 0.2) is 94.6 Å². The molecule has 0 saturated carbocycles. The average molecular weight is 1600 g/mol. The van der Waals surface area contributed by atoms with E-state index in [4.69, 9.17) is 37.6 Å². The van der Waals surface area contributed by atoms with Gasteiger partial charge in [0.2, 0.25) is 23.6 Å². The standard InChI is InChI=1S/C19H25N3O13P2.C16H24NO6P.C14H22NO5P.C10H14NO5P.C6H15N/c1-10(24)20-13-3-2-11(7-23)6-12(13)9-36(29,30)35-37(31,32)33-8-14-16(26)17(27)18(34-14)22-5-4-15(25)21-19(22)28;1-5-22-24(20,23-6-2)11-15-9-14(10-21-13(4)19)7-8-16(15)17-12(3)18;1-4-19-21(18,20-5-2)10-13-8-12(9-16)6-7-14(13)15-11(3)17;1-7(13)11-10-3-2-8(5-12)4-9(10)6-17(14,15)16;1-4-7(5-2)6-3/h2-6,14,16-18,23,26-27H,7-9H2,1H3,(H,20,24)(H,29,30)(H,31,32)(H,21,25,28);7-9H,5-6,10-11H2,1-4H3,(H,17,18);6-8,16H,4-5,9-10H2,1-3H3,(H,15,17);2-4,12H,5-6H2,1H3,(H,11,13)(H2,14,15,16);4-6H2,1-3H3/p-2/t14-,16?,17+,18-;;;;/m1..../s1. The van der Waals surface area contributed by atoms with Gasteiger partial charge in [-0.2, -0.15) is 0 Å². The molecular weight excluding hydrogens is 1500 g/mol. The number of hydrogen-bond acceptors (Lipinski definition) is 28. The van der Waals surface area contributed by atoms with E-state index in [1.54, 1.807) is 75.1 Å². The number of phosphoric ester groups is 1. The Hall–Kier alpha value is -6.62. The zero-order valence-electron chi connectivity index (χ0n) is 61.0. The molecular formula is C65H98N7O29P5-2. The number of carbonyl (C=O) groups excluding carboxylic acids is 5. The molecule has 0 aliphatic carbocycles. The van der Waals surface area contributed by atoms with E-state index < -0.39 is 111 Å². The summed E-state index contributed by atoms with van der Waals surface area (Å²) in [7, 11) is -21.9. The van der Waals surface area contributed by atoms with Crippen molar-refractivity contribution in [1.82, 2.24) is 9.55 Å². The minimum absolute atomic E-state index is 0.0121. The number of rotatable bonds is 34. The Bertz CT molecular complexity index is 4030. The maximum atomic E-state index is 12.8. The molecule has 41 heteroatoms. The number of quaternary nitrogens is 1. The number of aliphatic hydroxyl groups is 5. The third-order valence-electron chi connectivity index (χ3n) is 14.3. The van der Waals surface area contributed by atoms with Gasteiger partial charge >= 0.3 is 26.9 Å². The van der Waals surface area contributed by atoms with Crippen LogP contribution in [-0.2, 0) is 134 Å². The molecule has 594 valence electrons. The second kappa shape index (κ2) is 46.7. The molecule has 36 nitrogen and oxygen atoms in total. The fraction of sp³-hybridized carbons (Fsp3) is 0.492. The molecule has 4 unspecified atom stereocenters. The van der Waals surface area contributed by atoms with Gasteiger partial charge < -0.3 is 112 Å². The fourth-order valence-corrected chi connectivity index (χ4v) is 16.4. The monoisotopic (exact) mass is 1600 g/mol. The summed E-state index contributed by atoms with van der Waals surface area (Å²) in [6.45, 7) is 23.3. The van der Waals surface area contributed by atoms with Crippen molar-refractivity contribution in [3.8, 4) is 0 Å². The van der Waals surface area contributed by atoms with Crippen LogP contribution in [-0.4, -0.2) is 141 Å². The number of aromatic amines is 1. The molecule has 106 heavy (non-hydrogen) atoms. The maximum absolute atomic E-state index is 12.8. The number of aromatic nitrogens is 2. The zero-order chi connectivity index (χ0) is 80.3. The van der Waals surface area contributed by atoms with Gasteiger partial charge in [0.15, 0.2) is 6.23 Å². The van der Waals surface area contributed by atoms with E-state index >= 15 is 0 Å². The normalized spacial score (nSPS) is 16.4. The Balaban J connectivity index is 0.000000484. The summed E-state index contributed by atoms with van der Waals surface area (Å²) in [5.74, 6) is -1.74. The van der Waals surface area contributed by atoms with Crippen molar-refractivity contribution >= 4 is 90.6 Å². The smallest absolute Gasteiger partial charge is 0.335 e. The van der Waals surface area contributed by atoms with Crippen molar-refractivity contribution in [1.29, 1.82) is 0 Å². The SMILES string of the molecule is CC(=O)Nc1ccc(CO)cc1CP(=O)([O-])O.CC(=O)Nc1ccc(CO)cc1CP(=O)([O-])OP(=O)([O-])OC[C@H]1O[C@@H](n2ccc(=O)[nH]c2=O)[C@@H](O)C1O.CCOP(=O)(Cc1cc(CO)ccc1NC(C)=O)OCC.CCOP(=O)(Cc1cc(COC(C)=O)ccc1NC(C)=O)OCC.CC[NH+](CC)CC. The quantitative estimate of drug-likeness (QED) is 0.0201. The van der Waals surface area contributed by atoms with Crippen LogP contribution in [0.2, 0.25) is 0 Å². The number of phosphoric acid groups is 1. The van der Waals surface area contributed by atoms with Gasteiger partial charge in [0.1, 0.15) is 40.1 Å². The van der Waals surface area contributed by atoms with Crippen LogP contribution in [0.25, 0.3) is 0 Å². The number of nitrogens with one attached hydrogen (secondary N) is 6. The number of hydrogen-bond donors (Lipinski definition) is 12. The number of anilines is 4. The summed E-state index contributed by atoms with van der Waals surface area (Å²) in [5, 5.41) is 58.0. The van der Waals surface area contributed by atoms with Gasteiger partial charge in [0.05, 0.1) is 84.8 Å². The molecule has 7 atom stereocenters. The number of nitrogens with zero attached hydrogens (tertiary/aromatic N) is 1. The summed E-state index contributed by atoms with van der Waals surface area (Å²) in [6.07, 6.45) is -7.09. The van der Waals surface area contributed by atoms with Crippen LogP contribution in [0, 0.1) is 0 Å². The maximum Gasteiger partial charge on any atom is 0.335 e. The van der Waals surface area contributed by atoms with Gasteiger partial charge in [-0.1, -0.05) is 42.5 Å². The lowest BCUT2D eigenvalue weighted by molar-refractivity contribution is -0.894. The molecule has 1 aromatic heterocycles. The lowest BCUT2D eigenvalue weighted by Crippen LogP contribution is -3.11. The van der Waals surface area contributed by atoms with Gasteiger partial charge in [-0.3, -0.25) is 56.3 Å². The van der Waals surface area contributed by atoms with Crippen LogP contribution in [0.5, 0.6) is 0 Å². The van der Waals surface area contributed by atoms with E-state index in [9.17, 15) is 91.5 Å². The van der Waals surface area contributed by atoms with Crippen molar-refractivity contribution in [3.05, 3.63) is 150 Å². The van der Waals surface area contributed by atoms with Gasteiger partial charge in [0, 0.05) is 82.0 Å². The summed E-state index contributed by atoms with van der Waals surface area (Å²) in [6, 6.07) is 19.6. The first-order valence-electron chi connectivity index (χ1n) is 33.1. The van der Waals surface area contributed by atoms with Crippen molar-refractivity contribution in [2.45, 2.75) is 159 Å². The summed E-state index contributed by atoms with van der Waals surface area (Å²) < 4.78 is 102. The largest absolute Gasteiger partial charge is 0.778 e. The Morgan fingerprint density at radius 3 is 1.21 bits per heavy atom. The third-order valence-corrected chi connectivity index (χ3v) is 22.1. The number of carbonyl (C=O) groups is 5. The fourth-order valence-electron chi connectivity index (χ4n) is 9.66. The summed E-state index contributed by atoms with van der Waals surface area (Å²) >= 11 is 0. The number of amides is 4. The van der Waals surface area contributed by atoms with Crippen molar-refractivity contribution in [3.63, 3.8) is 0 Å². The van der Waals surface area contributed by atoms with Crippen molar-refractivity contribution < 1.29 is 133 Å². The molecule has 0 radical (unpaired) electrons. The number of aliphatic hydroxyl groups excluding tert-OH is 5. The number of esters is 1. The van der Waals surface area contributed by atoms with E-state index in [1.807, 2.05) is 4.98 Å². The average Bonchev–Trinajstić information content (AvgIpc) is 1.72. The van der Waals surface area contributed by atoms with E-state index in [2.05, 4.69) is 50.9 Å². The number of H-pyrrole nitrogens is 1. The lowest BCUT2D eigenvalue weighted by atomic mass is 10.1. The Kier molecular flexibility index (Phi) is 42.0. The van der Waals surface area contributed by atoms with Gasteiger partial charge in [-0.15, -0.1) is 0 Å². The van der Waals surface area contributed by atoms with Crippen LogP contribution >= 0.6 is 38.2 Å². The minimum atomic E-state index is -5.57. The minimum Gasteiger partial charge on any atom is -0.778 e. The van der Waals surface area contributed by atoms with E-state index in [-0.39, 0.29) is 98.7 Å². The first-order chi connectivity index (χ1) is 49.6. The predicted molar refractivity (Wildman–Crippen MR) is 385 cm³/mol. The first-order valence-corrected chi connectivity index (χ1v) is 41.5. The zero-order valence-corrected chi connectivity index (χ0v) is 65.4. The Labute approximate surface area is 613 Å². The molecule has 1 fully saturated rings. The molecule has 4 amide bonds. The predicted octanol–water partition coefficient (Wildman–Crippen LogP) is 4.35. The highest BCUT2D eigenvalue weighted by molar-refractivity contribution is 7.62. The third kappa shape index (κ3) is 35.6. The van der Waals surface area contributed by atoms with E-state index in [1.165, 1.54) is 84.6 Å². The molecule has 6 rings (SSSR count). The van der Waals surface area contributed by atoms with Crippen molar-refractivity contribution in [2.75, 3.05) is 73.9 Å². The second-order valence-electron chi connectivity index (χ2n) is 22.9. The van der Waals surface area contributed by atoms with Crippen LogP contribution in [0.1, 0.15) is 134 Å². The Morgan fingerprint density at radius 2 is 0.887 bits per heavy atom. The van der Waals surface area contributed by atoms with Crippen LogP contribution < -0.4 is 52.1 Å². The Morgan fingerprint density at radius 1 is 0.528 bits per heavy atom.